The number of benzene rings is 2. The highest BCUT2D eigenvalue weighted by molar-refractivity contribution is 5.92. The molecule has 0 aliphatic heterocycles. The van der Waals surface area contributed by atoms with Crippen molar-refractivity contribution in [1.82, 2.24) is 9.97 Å². The normalized spacial score (nSPS) is 11.7. The lowest BCUT2D eigenvalue weighted by molar-refractivity contribution is -0.116. The number of fused-ring (bicyclic) bond motifs is 1. The minimum Gasteiger partial charge on any atom is -0.441 e. The molecule has 0 fully saturated rings. The number of amides is 1. The van der Waals surface area contributed by atoms with Crippen LogP contribution >= 0.6 is 0 Å². The van der Waals surface area contributed by atoms with Crippen molar-refractivity contribution in [1.29, 1.82) is 0 Å². The second-order valence-electron chi connectivity index (χ2n) is 8.12. The van der Waals surface area contributed by atoms with Crippen molar-refractivity contribution in [2.45, 2.75) is 39.0 Å². The molecule has 4 rings (SSSR count). The maximum atomic E-state index is 13.0. The molecule has 0 unspecified atom stereocenters. The van der Waals surface area contributed by atoms with Crippen LogP contribution in [0.25, 0.3) is 22.4 Å². The first-order valence-electron chi connectivity index (χ1n) is 9.69. The van der Waals surface area contributed by atoms with Crippen LogP contribution in [0.5, 0.6) is 0 Å². The van der Waals surface area contributed by atoms with Crippen molar-refractivity contribution < 1.29 is 18.0 Å². The van der Waals surface area contributed by atoms with Crippen molar-refractivity contribution in [3.8, 4) is 11.3 Å². The molecule has 6 nitrogen and oxygen atoms in total. The summed E-state index contributed by atoms with van der Waals surface area (Å²) in [5, 5.41) is 2.87. The van der Waals surface area contributed by atoms with Crippen LogP contribution in [0.15, 0.2) is 57.5 Å². The van der Waals surface area contributed by atoms with Crippen molar-refractivity contribution in [3.05, 3.63) is 66.3 Å². The van der Waals surface area contributed by atoms with E-state index < -0.39 is 0 Å². The monoisotopic (exact) mass is 407 g/mol. The van der Waals surface area contributed by atoms with E-state index in [-0.39, 0.29) is 23.6 Å². The third kappa shape index (κ3) is 4.40. The molecule has 0 aliphatic carbocycles. The van der Waals surface area contributed by atoms with Crippen LogP contribution in [0.2, 0.25) is 0 Å². The average molecular weight is 407 g/mol. The molecule has 154 valence electrons. The van der Waals surface area contributed by atoms with Gasteiger partial charge >= 0.3 is 0 Å². The van der Waals surface area contributed by atoms with Gasteiger partial charge < -0.3 is 14.2 Å². The molecule has 2 heterocycles. The number of halogens is 1. The van der Waals surface area contributed by atoms with E-state index in [2.05, 4.69) is 15.3 Å². The first kappa shape index (κ1) is 19.8. The Morgan fingerprint density at radius 1 is 1.10 bits per heavy atom. The fourth-order valence-corrected chi connectivity index (χ4v) is 2.94. The summed E-state index contributed by atoms with van der Waals surface area (Å²) in [7, 11) is 0. The smallest absolute Gasteiger partial charge is 0.224 e. The lowest BCUT2D eigenvalue weighted by Gasteiger charge is -2.11. The van der Waals surface area contributed by atoms with E-state index in [0.29, 0.717) is 40.7 Å². The number of aromatic nitrogens is 2. The highest BCUT2D eigenvalue weighted by Gasteiger charge is 2.21. The Labute approximate surface area is 173 Å². The highest BCUT2D eigenvalue weighted by Crippen LogP contribution is 2.27. The molecule has 1 N–H and O–H groups in total. The third-order valence-electron chi connectivity index (χ3n) is 4.56. The molecule has 2 aromatic carbocycles. The Balaban J connectivity index is 1.37. The van der Waals surface area contributed by atoms with Crippen LogP contribution < -0.4 is 5.32 Å². The molecule has 7 heteroatoms. The molecule has 0 radical (unpaired) electrons. The Morgan fingerprint density at radius 2 is 1.87 bits per heavy atom. The molecule has 0 atom stereocenters. The fourth-order valence-electron chi connectivity index (χ4n) is 2.94. The number of hydrogen-bond acceptors (Lipinski definition) is 5. The summed E-state index contributed by atoms with van der Waals surface area (Å²) in [6.45, 7) is 6.10. The molecule has 2 aromatic heterocycles. The second kappa shape index (κ2) is 7.74. The number of anilines is 1. The topological polar surface area (TPSA) is 81.2 Å². The number of carbonyl (C=O) groups is 1. The fraction of sp³-hybridized carbons (Fsp3) is 0.261. The van der Waals surface area contributed by atoms with Gasteiger partial charge in [0.05, 0.1) is 6.20 Å². The largest absolute Gasteiger partial charge is 0.441 e. The van der Waals surface area contributed by atoms with E-state index in [9.17, 15) is 9.18 Å². The van der Waals surface area contributed by atoms with Crippen LogP contribution in [0.3, 0.4) is 0 Å². The zero-order valence-electron chi connectivity index (χ0n) is 17.0. The number of nitrogens with one attached hydrogen (secondary N) is 1. The molecule has 0 spiro atoms. The summed E-state index contributed by atoms with van der Waals surface area (Å²) < 4.78 is 24.5. The maximum Gasteiger partial charge on any atom is 0.224 e. The summed E-state index contributed by atoms with van der Waals surface area (Å²) in [5.41, 5.74) is 2.59. The Morgan fingerprint density at radius 3 is 2.60 bits per heavy atom. The summed E-state index contributed by atoms with van der Waals surface area (Å²) >= 11 is 0. The second-order valence-corrected chi connectivity index (χ2v) is 8.12. The SMILES string of the molecule is CC(C)(C)c1nc2cc(NC(=O)CCc3ncc(-c4ccc(F)cc4)o3)ccc2o1. The van der Waals surface area contributed by atoms with Gasteiger partial charge in [-0.1, -0.05) is 20.8 Å². The zero-order valence-corrected chi connectivity index (χ0v) is 17.0. The number of hydrogen-bond donors (Lipinski definition) is 1. The van der Waals surface area contributed by atoms with E-state index in [1.165, 1.54) is 12.1 Å². The molecule has 4 aromatic rings. The summed E-state index contributed by atoms with van der Waals surface area (Å²) in [6.07, 6.45) is 2.15. The van der Waals surface area contributed by atoms with Gasteiger partial charge in [-0.3, -0.25) is 4.79 Å². The van der Waals surface area contributed by atoms with E-state index in [1.54, 1.807) is 36.5 Å². The molecular weight excluding hydrogens is 385 g/mol. The lowest BCUT2D eigenvalue weighted by Crippen LogP contribution is -2.12. The number of carbonyl (C=O) groups excluding carboxylic acids is 1. The maximum absolute atomic E-state index is 13.0. The molecule has 0 aliphatic rings. The van der Waals surface area contributed by atoms with Gasteiger partial charge in [-0.15, -0.1) is 0 Å². The number of rotatable bonds is 5. The average Bonchev–Trinajstić information content (AvgIpc) is 3.33. The number of nitrogens with zero attached hydrogens (tertiary/aromatic N) is 2. The molecule has 1 amide bonds. The van der Waals surface area contributed by atoms with Crippen molar-refractivity contribution in [2.24, 2.45) is 0 Å². The van der Waals surface area contributed by atoms with Crippen molar-refractivity contribution in [3.63, 3.8) is 0 Å². The molecule has 0 bridgehead atoms. The van der Waals surface area contributed by atoms with Gasteiger partial charge in [-0.2, -0.15) is 0 Å². The van der Waals surface area contributed by atoms with Gasteiger partial charge in [0.15, 0.2) is 17.2 Å². The Kier molecular flexibility index (Phi) is 5.11. The predicted molar refractivity (Wildman–Crippen MR) is 112 cm³/mol. The summed E-state index contributed by atoms with van der Waals surface area (Å²) in [6, 6.07) is 11.4. The van der Waals surface area contributed by atoms with E-state index in [0.717, 1.165) is 5.56 Å². The van der Waals surface area contributed by atoms with Crippen LogP contribution in [-0.4, -0.2) is 15.9 Å². The first-order valence-corrected chi connectivity index (χ1v) is 9.69. The standard InChI is InChI=1S/C23H22FN3O3/c1-23(2,3)22-27-17-12-16(8-9-18(17)30-22)26-20(28)10-11-21-25-13-19(29-21)14-4-6-15(24)7-5-14/h4-9,12-13H,10-11H2,1-3H3,(H,26,28). The van der Waals surface area contributed by atoms with Crippen LogP contribution in [0.4, 0.5) is 10.1 Å². The zero-order chi connectivity index (χ0) is 21.3. The first-order chi connectivity index (χ1) is 14.3. The number of aryl methyl sites for hydroxylation is 1. The lowest BCUT2D eigenvalue weighted by atomic mass is 9.97. The van der Waals surface area contributed by atoms with Gasteiger partial charge in [0.1, 0.15) is 11.3 Å². The summed E-state index contributed by atoms with van der Waals surface area (Å²) in [4.78, 5) is 21.0. The van der Waals surface area contributed by atoms with Gasteiger partial charge in [0.25, 0.3) is 0 Å². The van der Waals surface area contributed by atoms with E-state index in [4.69, 9.17) is 8.83 Å². The minimum atomic E-state index is -0.311. The van der Waals surface area contributed by atoms with Crippen LogP contribution in [0, 0.1) is 5.82 Å². The Bertz CT molecular complexity index is 1190. The number of oxazole rings is 2. The predicted octanol–water partition coefficient (Wildman–Crippen LogP) is 5.49. The molecular formula is C23H22FN3O3. The third-order valence-corrected chi connectivity index (χ3v) is 4.56. The van der Waals surface area contributed by atoms with E-state index in [1.807, 2.05) is 20.8 Å². The minimum absolute atomic E-state index is 0.157. The van der Waals surface area contributed by atoms with Gasteiger partial charge in [-0.05, 0) is 42.5 Å². The molecule has 0 saturated carbocycles. The molecule has 0 saturated heterocycles. The highest BCUT2D eigenvalue weighted by atomic mass is 19.1. The van der Waals surface area contributed by atoms with Gasteiger partial charge in [0, 0.05) is 29.5 Å². The van der Waals surface area contributed by atoms with Crippen LogP contribution in [0.1, 0.15) is 39.0 Å². The summed E-state index contributed by atoms with van der Waals surface area (Å²) in [5.74, 6) is 1.17. The van der Waals surface area contributed by atoms with Crippen molar-refractivity contribution in [2.75, 3.05) is 5.32 Å². The van der Waals surface area contributed by atoms with Gasteiger partial charge in [-0.25, -0.2) is 14.4 Å². The van der Waals surface area contributed by atoms with E-state index >= 15 is 0 Å². The Hall–Kier alpha value is -3.48. The quantitative estimate of drug-likeness (QED) is 0.473. The van der Waals surface area contributed by atoms with Gasteiger partial charge in [0.2, 0.25) is 11.8 Å². The molecule has 30 heavy (non-hydrogen) atoms. The van der Waals surface area contributed by atoms with Crippen LogP contribution in [-0.2, 0) is 16.6 Å². The van der Waals surface area contributed by atoms with Crippen molar-refractivity contribution >= 4 is 22.7 Å².